The lowest BCUT2D eigenvalue weighted by molar-refractivity contribution is 0.304. The van der Waals surface area contributed by atoms with E-state index < -0.39 is 0 Å². The molecular formula is C44H58O2S2. The van der Waals surface area contributed by atoms with Crippen LogP contribution in [0.1, 0.15) is 129 Å². The quantitative estimate of drug-likeness (QED) is 0.0603. The molecule has 5 rings (SSSR count). The number of rotatable bonds is 24. The van der Waals surface area contributed by atoms with Gasteiger partial charge in [0.15, 0.2) is 0 Å². The van der Waals surface area contributed by atoms with E-state index in [1.807, 2.05) is 22.7 Å². The second-order valence-corrected chi connectivity index (χ2v) is 15.7. The third-order valence-corrected chi connectivity index (χ3v) is 11.8. The smallest absolute Gasteiger partial charge is 0.119 e. The van der Waals surface area contributed by atoms with Crippen molar-refractivity contribution < 1.29 is 9.47 Å². The molecule has 0 fully saturated rings. The third-order valence-electron chi connectivity index (χ3n) is 9.47. The van der Waals surface area contributed by atoms with E-state index in [4.69, 9.17) is 9.47 Å². The molecule has 0 amide bonds. The van der Waals surface area contributed by atoms with Crippen LogP contribution in [0.4, 0.5) is 0 Å². The number of benzene rings is 3. The summed E-state index contributed by atoms with van der Waals surface area (Å²) in [5.41, 5.74) is 2.52. The van der Waals surface area contributed by atoms with Gasteiger partial charge < -0.3 is 9.47 Å². The van der Waals surface area contributed by atoms with Crippen molar-refractivity contribution in [1.82, 2.24) is 0 Å². The maximum atomic E-state index is 6.05. The lowest BCUT2D eigenvalue weighted by Crippen LogP contribution is -1.97. The fourth-order valence-corrected chi connectivity index (χ4v) is 8.69. The van der Waals surface area contributed by atoms with E-state index in [1.165, 1.54) is 144 Å². The van der Waals surface area contributed by atoms with Crippen LogP contribution in [0.15, 0.2) is 72.8 Å². The first kappa shape index (κ1) is 36.5. The van der Waals surface area contributed by atoms with Crippen LogP contribution >= 0.6 is 22.7 Å². The van der Waals surface area contributed by atoms with E-state index in [1.54, 1.807) is 0 Å². The van der Waals surface area contributed by atoms with Crippen molar-refractivity contribution in [2.75, 3.05) is 13.2 Å². The van der Waals surface area contributed by atoms with Gasteiger partial charge in [-0.1, -0.05) is 117 Å². The standard InChI is InChI=1S/C44H58O2S2/c1-3-5-7-9-11-13-15-17-19-29-45-39-25-21-35(22-26-39)41-31-37-33-44-38(34-43(37)47-41)32-42(48-44)36-23-27-40(28-24-36)46-30-20-18-16-14-12-10-8-6-4-2/h21-28,31-34H,3-20,29-30H2,1-2H3. The number of hydrogen-bond donors (Lipinski definition) is 0. The van der Waals surface area contributed by atoms with Gasteiger partial charge in [0, 0.05) is 19.2 Å². The van der Waals surface area contributed by atoms with Crippen LogP contribution in [0.2, 0.25) is 0 Å². The highest BCUT2D eigenvalue weighted by atomic mass is 32.1. The molecule has 48 heavy (non-hydrogen) atoms. The summed E-state index contributed by atoms with van der Waals surface area (Å²) >= 11 is 3.76. The van der Waals surface area contributed by atoms with Crippen LogP contribution in [-0.4, -0.2) is 13.2 Å². The Morgan fingerprint density at radius 3 is 1.08 bits per heavy atom. The molecule has 0 N–H and O–H groups in total. The van der Waals surface area contributed by atoms with Crippen molar-refractivity contribution in [3.63, 3.8) is 0 Å². The first-order valence-corrected chi connectivity index (χ1v) is 20.8. The van der Waals surface area contributed by atoms with Crippen molar-refractivity contribution in [1.29, 1.82) is 0 Å². The highest BCUT2D eigenvalue weighted by Crippen LogP contribution is 2.40. The minimum atomic E-state index is 0.814. The minimum absolute atomic E-state index is 0.814. The van der Waals surface area contributed by atoms with Crippen LogP contribution in [0.5, 0.6) is 11.5 Å². The second kappa shape index (κ2) is 20.6. The Kier molecular flexibility index (Phi) is 15.7. The summed E-state index contributed by atoms with van der Waals surface area (Å²) in [5.74, 6) is 1.96. The molecule has 0 bridgehead atoms. The van der Waals surface area contributed by atoms with Crippen LogP contribution in [0.25, 0.3) is 41.1 Å². The molecule has 4 heteroatoms. The van der Waals surface area contributed by atoms with Gasteiger partial charge in [0.1, 0.15) is 11.5 Å². The molecule has 0 aliphatic heterocycles. The zero-order valence-electron chi connectivity index (χ0n) is 29.7. The molecule has 258 valence electrons. The second-order valence-electron chi connectivity index (χ2n) is 13.6. The number of hydrogen-bond acceptors (Lipinski definition) is 4. The van der Waals surface area contributed by atoms with Crippen molar-refractivity contribution in [2.45, 2.75) is 129 Å². The van der Waals surface area contributed by atoms with Crippen molar-refractivity contribution in [3.05, 3.63) is 72.8 Å². The van der Waals surface area contributed by atoms with Gasteiger partial charge in [-0.3, -0.25) is 0 Å². The fourth-order valence-electron chi connectivity index (χ4n) is 6.49. The number of thiophene rings is 2. The van der Waals surface area contributed by atoms with Crippen molar-refractivity contribution in [2.24, 2.45) is 0 Å². The van der Waals surface area contributed by atoms with E-state index in [-0.39, 0.29) is 0 Å². The Balaban J connectivity index is 1.05. The summed E-state index contributed by atoms with van der Waals surface area (Å²) < 4.78 is 14.8. The zero-order chi connectivity index (χ0) is 33.2. The monoisotopic (exact) mass is 682 g/mol. The number of fused-ring (bicyclic) bond motifs is 2. The van der Waals surface area contributed by atoms with Gasteiger partial charge in [0.25, 0.3) is 0 Å². The van der Waals surface area contributed by atoms with Gasteiger partial charge >= 0.3 is 0 Å². The van der Waals surface area contributed by atoms with Gasteiger partial charge in [-0.05, 0) is 108 Å². The molecule has 2 aromatic heterocycles. The minimum Gasteiger partial charge on any atom is -0.494 e. The SMILES string of the molecule is CCCCCCCCCCCOc1ccc(-c2cc3cc4sc(-c5ccc(OCCCCCCCCCCC)cc5)cc4cc3s2)cc1. The van der Waals surface area contributed by atoms with Gasteiger partial charge in [-0.25, -0.2) is 0 Å². The predicted octanol–water partition coefficient (Wildman–Crippen LogP) is 15.3. The normalized spacial score (nSPS) is 11.5. The van der Waals surface area contributed by atoms with Gasteiger partial charge in [-0.2, -0.15) is 0 Å². The highest BCUT2D eigenvalue weighted by molar-refractivity contribution is 7.23. The summed E-state index contributed by atoms with van der Waals surface area (Å²) in [4.78, 5) is 2.62. The molecule has 2 nitrogen and oxygen atoms in total. The summed E-state index contributed by atoms with van der Waals surface area (Å²) in [6, 6.07) is 26.8. The Morgan fingerprint density at radius 1 is 0.396 bits per heavy atom. The summed E-state index contributed by atoms with van der Waals surface area (Å²) in [7, 11) is 0. The molecule has 0 saturated carbocycles. The molecule has 3 aromatic carbocycles. The molecule has 0 aliphatic rings. The Morgan fingerprint density at radius 2 is 0.729 bits per heavy atom. The van der Waals surface area contributed by atoms with E-state index in [0.717, 1.165) is 37.6 Å². The maximum Gasteiger partial charge on any atom is 0.119 e. The molecule has 0 spiro atoms. The topological polar surface area (TPSA) is 18.5 Å². The van der Waals surface area contributed by atoms with Crippen LogP contribution in [-0.2, 0) is 0 Å². The largest absolute Gasteiger partial charge is 0.494 e. The number of ether oxygens (including phenoxy) is 2. The molecule has 0 unspecified atom stereocenters. The molecular weight excluding hydrogens is 625 g/mol. The average Bonchev–Trinajstić information content (AvgIpc) is 3.73. The van der Waals surface area contributed by atoms with Crippen LogP contribution in [0, 0.1) is 0 Å². The average molecular weight is 683 g/mol. The van der Waals surface area contributed by atoms with Gasteiger partial charge in [0.05, 0.1) is 13.2 Å². The van der Waals surface area contributed by atoms with E-state index in [2.05, 4.69) is 86.6 Å². The van der Waals surface area contributed by atoms with E-state index in [0.29, 0.717) is 0 Å². The van der Waals surface area contributed by atoms with Gasteiger partial charge in [0.2, 0.25) is 0 Å². The number of unbranched alkanes of at least 4 members (excludes halogenated alkanes) is 16. The molecule has 0 atom stereocenters. The van der Waals surface area contributed by atoms with Crippen LogP contribution in [0.3, 0.4) is 0 Å². The Bertz CT molecular complexity index is 1430. The zero-order valence-corrected chi connectivity index (χ0v) is 31.3. The lowest BCUT2D eigenvalue weighted by Gasteiger charge is -2.07. The molecule has 0 saturated heterocycles. The Labute approximate surface area is 298 Å². The molecule has 2 heterocycles. The van der Waals surface area contributed by atoms with E-state index in [9.17, 15) is 0 Å². The van der Waals surface area contributed by atoms with Crippen LogP contribution < -0.4 is 9.47 Å². The van der Waals surface area contributed by atoms with Gasteiger partial charge in [-0.15, -0.1) is 22.7 Å². The van der Waals surface area contributed by atoms with Crippen molar-refractivity contribution >= 4 is 42.8 Å². The summed E-state index contributed by atoms with van der Waals surface area (Å²) in [6.45, 7) is 6.19. The molecule has 5 aromatic rings. The first-order chi connectivity index (χ1) is 23.7. The summed E-state index contributed by atoms with van der Waals surface area (Å²) in [6.07, 6.45) is 24.1. The highest BCUT2D eigenvalue weighted by Gasteiger charge is 2.10. The lowest BCUT2D eigenvalue weighted by atomic mass is 10.1. The third kappa shape index (κ3) is 11.7. The first-order valence-electron chi connectivity index (χ1n) is 19.2. The van der Waals surface area contributed by atoms with E-state index >= 15 is 0 Å². The summed E-state index contributed by atoms with van der Waals surface area (Å²) in [5, 5.41) is 2.64. The maximum absolute atomic E-state index is 6.05. The molecule has 0 radical (unpaired) electrons. The molecule has 0 aliphatic carbocycles. The fraction of sp³-hybridized carbons (Fsp3) is 0.500. The van der Waals surface area contributed by atoms with Crippen molar-refractivity contribution in [3.8, 4) is 32.4 Å². The predicted molar refractivity (Wildman–Crippen MR) is 214 cm³/mol. The Hall–Kier alpha value is -2.82.